The summed E-state index contributed by atoms with van der Waals surface area (Å²) in [5.74, 6) is 0.798. The fraction of sp³-hybridized carbons (Fsp3) is 0.385. The van der Waals surface area contributed by atoms with Crippen molar-refractivity contribution in [2.45, 2.75) is 42.0 Å². The molecule has 3 nitrogen and oxygen atoms in total. The van der Waals surface area contributed by atoms with Crippen molar-refractivity contribution in [2.24, 2.45) is 5.73 Å². The fourth-order valence-corrected chi connectivity index (χ4v) is 3.71. The number of hydrogen-bond donors (Lipinski definition) is 1. The molecule has 0 aliphatic heterocycles. The van der Waals surface area contributed by atoms with Gasteiger partial charge in [0.25, 0.3) is 0 Å². The van der Waals surface area contributed by atoms with Gasteiger partial charge in [0.05, 0.1) is 5.02 Å². The lowest BCUT2D eigenvalue weighted by Crippen LogP contribution is -2.21. The van der Waals surface area contributed by atoms with E-state index >= 15 is 0 Å². The lowest BCUT2D eigenvalue weighted by Gasteiger charge is -2.13. The molecular formula is C13H16ClN3S2. The minimum atomic E-state index is 0.161. The summed E-state index contributed by atoms with van der Waals surface area (Å²) >= 11 is 9.28. The molecule has 1 unspecified atom stereocenters. The van der Waals surface area contributed by atoms with Gasteiger partial charge >= 0.3 is 0 Å². The molecule has 6 heteroatoms. The Morgan fingerprint density at radius 3 is 2.89 bits per heavy atom. The van der Waals surface area contributed by atoms with Crippen molar-refractivity contribution in [1.29, 1.82) is 0 Å². The third kappa shape index (κ3) is 3.92. The fourth-order valence-electron chi connectivity index (χ4n) is 1.66. The van der Waals surface area contributed by atoms with Crippen LogP contribution in [0.1, 0.15) is 24.7 Å². The zero-order chi connectivity index (χ0) is 13.8. The molecule has 19 heavy (non-hydrogen) atoms. The van der Waals surface area contributed by atoms with Crippen LogP contribution in [0.25, 0.3) is 0 Å². The highest BCUT2D eigenvalue weighted by atomic mass is 35.5. The number of rotatable bonds is 5. The summed E-state index contributed by atoms with van der Waals surface area (Å²) in [4.78, 5) is 5.41. The lowest BCUT2D eigenvalue weighted by molar-refractivity contribution is 0.641. The third-order valence-electron chi connectivity index (χ3n) is 2.75. The van der Waals surface area contributed by atoms with Gasteiger partial charge in [-0.2, -0.15) is 4.37 Å². The molecule has 1 aromatic heterocycles. The molecule has 1 atom stereocenters. The van der Waals surface area contributed by atoms with E-state index in [1.165, 1.54) is 17.1 Å². The molecule has 2 aromatic rings. The third-order valence-corrected chi connectivity index (χ3v) is 5.21. The molecule has 0 amide bonds. The highest BCUT2D eigenvalue weighted by Crippen LogP contribution is 2.37. The standard InChI is InChI=1S/C13H16ClN3S2/c1-3-10(15)7-9-5-4-6-11(14)12(9)18-13-16-8(2)17-19-13/h4-6,10H,3,7,15H2,1-2H3. The molecule has 2 N–H and O–H groups in total. The van der Waals surface area contributed by atoms with Crippen molar-refractivity contribution in [3.05, 3.63) is 34.6 Å². The van der Waals surface area contributed by atoms with Gasteiger partial charge in [-0.25, -0.2) is 4.98 Å². The molecule has 0 fully saturated rings. The Morgan fingerprint density at radius 2 is 2.26 bits per heavy atom. The van der Waals surface area contributed by atoms with Crippen molar-refractivity contribution in [1.82, 2.24) is 9.36 Å². The summed E-state index contributed by atoms with van der Waals surface area (Å²) in [6.45, 7) is 3.98. The summed E-state index contributed by atoms with van der Waals surface area (Å²) in [5, 5.41) is 0.749. The number of aryl methyl sites for hydroxylation is 1. The molecule has 0 aliphatic carbocycles. The molecule has 0 bridgehead atoms. The van der Waals surface area contributed by atoms with Crippen LogP contribution < -0.4 is 5.73 Å². The lowest BCUT2D eigenvalue weighted by atomic mass is 10.0. The molecule has 0 saturated carbocycles. The van der Waals surface area contributed by atoms with Gasteiger partial charge in [0.2, 0.25) is 0 Å². The highest BCUT2D eigenvalue weighted by Gasteiger charge is 2.13. The van der Waals surface area contributed by atoms with E-state index in [9.17, 15) is 0 Å². The largest absolute Gasteiger partial charge is 0.327 e. The molecule has 0 aliphatic rings. The Morgan fingerprint density at radius 1 is 1.47 bits per heavy atom. The van der Waals surface area contributed by atoms with Crippen LogP contribution >= 0.6 is 34.9 Å². The van der Waals surface area contributed by atoms with Gasteiger partial charge in [-0.1, -0.05) is 42.4 Å². The van der Waals surface area contributed by atoms with E-state index in [2.05, 4.69) is 22.3 Å². The normalized spacial score (nSPS) is 12.6. The minimum Gasteiger partial charge on any atom is -0.327 e. The van der Waals surface area contributed by atoms with Gasteiger partial charge in [0.15, 0.2) is 4.34 Å². The Kier molecular flexibility index (Phi) is 5.21. The molecule has 0 radical (unpaired) electrons. The van der Waals surface area contributed by atoms with E-state index in [1.54, 1.807) is 11.8 Å². The van der Waals surface area contributed by atoms with E-state index in [-0.39, 0.29) is 6.04 Å². The first-order valence-electron chi connectivity index (χ1n) is 6.11. The molecular weight excluding hydrogens is 298 g/mol. The van der Waals surface area contributed by atoms with E-state index in [1.807, 2.05) is 19.1 Å². The second kappa shape index (κ2) is 6.70. The van der Waals surface area contributed by atoms with Crippen molar-refractivity contribution < 1.29 is 0 Å². The SMILES string of the molecule is CCC(N)Cc1cccc(Cl)c1Sc1nc(C)ns1. The van der Waals surface area contributed by atoms with Crippen molar-refractivity contribution in [2.75, 3.05) is 0 Å². The number of nitrogens with two attached hydrogens (primary N) is 1. The zero-order valence-corrected chi connectivity index (χ0v) is 13.3. The maximum absolute atomic E-state index is 6.31. The van der Waals surface area contributed by atoms with Crippen LogP contribution in [0.15, 0.2) is 27.4 Å². The van der Waals surface area contributed by atoms with Crippen LogP contribution in [0.3, 0.4) is 0 Å². The van der Waals surface area contributed by atoms with Crippen LogP contribution in [-0.2, 0) is 6.42 Å². The second-order valence-corrected chi connectivity index (χ2v) is 6.73. The molecule has 102 valence electrons. The van der Waals surface area contributed by atoms with Gasteiger partial charge in [-0.3, -0.25) is 0 Å². The highest BCUT2D eigenvalue weighted by molar-refractivity contribution is 8.01. The van der Waals surface area contributed by atoms with Crippen LogP contribution in [0.4, 0.5) is 0 Å². The van der Waals surface area contributed by atoms with Crippen molar-refractivity contribution in [3.63, 3.8) is 0 Å². The van der Waals surface area contributed by atoms with E-state index in [0.29, 0.717) is 0 Å². The van der Waals surface area contributed by atoms with Crippen LogP contribution in [-0.4, -0.2) is 15.4 Å². The van der Waals surface area contributed by atoms with Crippen LogP contribution in [0, 0.1) is 6.92 Å². The van der Waals surface area contributed by atoms with Crippen molar-refractivity contribution >= 4 is 34.9 Å². The summed E-state index contributed by atoms with van der Waals surface area (Å²) in [7, 11) is 0. The van der Waals surface area contributed by atoms with E-state index in [0.717, 1.165) is 32.9 Å². The topological polar surface area (TPSA) is 51.8 Å². The molecule has 0 spiro atoms. The summed E-state index contributed by atoms with van der Waals surface area (Å²) in [5.41, 5.74) is 7.22. The predicted octanol–water partition coefficient (Wildman–Crippen LogP) is 3.93. The first-order valence-corrected chi connectivity index (χ1v) is 8.08. The first-order chi connectivity index (χ1) is 9.10. The van der Waals surface area contributed by atoms with Gasteiger partial charge in [-0.05, 0) is 42.9 Å². The maximum Gasteiger partial charge on any atom is 0.174 e. The monoisotopic (exact) mass is 313 g/mol. The Hall–Kier alpha value is -0.620. The van der Waals surface area contributed by atoms with Gasteiger partial charge in [-0.15, -0.1) is 0 Å². The maximum atomic E-state index is 6.31. The van der Waals surface area contributed by atoms with E-state index < -0.39 is 0 Å². The summed E-state index contributed by atoms with van der Waals surface area (Å²) in [6, 6.07) is 6.11. The zero-order valence-electron chi connectivity index (χ0n) is 10.9. The minimum absolute atomic E-state index is 0.161. The molecule has 0 saturated heterocycles. The molecule has 1 aromatic carbocycles. The average Bonchev–Trinajstić information content (AvgIpc) is 2.79. The number of aromatic nitrogens is 2. The number of nitrogens with zero attached hydrogens (tertiary/aromatic N) is 2. The average molecular weight is 314 g/mol. The van der Waals surface area contributed by atoms with Gasteiger partial charge in [0.1, 0.15) is 5.82 Å². The predicted molar refractivity (Wildman–Crippen MR) is 82.2 cm³/mol. The number of benzene rings is 1. The second-order valence-electron chi connectivity index (χ2n) is 4.31. The van der Waals surface area contributed by atoms with Crippen LogP contribution in [0.5, 0.6) is 0 Å². The Labute approximate surface area is 126 Å². The summed E-state index contributed by atoms with van der Waals surface area (Å²) in [6.07, 6.45) is 1.78. The van der Waals surface area contributed by atoms with E-state index in [4.69, 9.17) is 17.3 Å². The Bertz CT molecular complexity index is 557. The molecule has 1 heterocycles. The Balaban J connectivity index is 2.27. The van der Waals surface area contributed by atoms with Crippen LogP contribution in [0.2, 0.25) is 5.02 Å². The summed E-state index contributed by atoms with van der Waals surface area (Å²) < 4.78 is 5.10. The van der Waals surface area contributed by atoms with Crippen molar-refractivity contribution in [3.8, 4) is 0 Å². The first kappa shape index (κ1) is 14.8. The number of hydrogen-bond acceptors (Lipinski definition) is 5. The van der Waals surface area contributed by atoms with Gasteiger partial charge in [0, 0.05) is 10.9 Å². The van der Waals surface area contributed by atoms with Gasteiger partial charge < -0.3 is 5.73 Å². The molecule has 2 rings (SSSR count). The quantitative estimate of drug-likeness (QED) is 0.908. The smallest absolute Gasteiger partial charge is 0.174 e. The number of halogens is 1.